The standard InChI is InChI=1S/C19H22ClN/c1-14(13-15-5-3-2-4-6-15)21-19(16-7-8-16)17-9-11-18(20)12-10-17/h2-6,9-12,14,16,19,21H,7-8,13H2,1H3. The van der Waals surface area contributed by atoms with Gasteiger partial charge in [0, 0.05) is 17.1 Å². The first kappa shape index (κ1) is 14.6. The maximum atomic E-state index is 6.00. The second-order valence-corrected chi connectivity index (χ2v) is 6.56. The third-order valence-corrected chi connectivity index (χ3v) is 4.42. The Kier molecular flexibility index (Phi) is 4.62. The van der Waals surface area contributed by atoms with Gasteiger partial charge in [-0.3, -0.25) is 0 Å². The van der Waals surface area contributed by atoms with Crippen LogP contribution in [0, 0.1) is 5.92 Å². The maximum absolute atomic E-state index is 6.00. The number of nitrogens with one attached hydrogen (secondary N) is 1. The van der Waals surface area contributed by atoms with Gasteiger partial charge in [0.15, 0.2) is 0 Å². The van der Waals surface area contributed by atoms with Crippen LogP contribution in [-0.4, -0.2) is 6.04 Å². The second kappa shape index (κ2) is 6.64. The summed E-state index contributed by atoms with van der Waals surface area (Å²) in [4.78, 5) is 0. The molecule has 0 amide bonds. The fraction of sp³-hybridized carbons (Fsp3) is 0.368. The molecule has 110 valence electrons. The molecule has 2 aromatic rings. The average molecular weight is 300 g/mol. The fourth-order valence-corrected chi connectivity index (χ4v) is 3.06. The van der Waals surface area contributed by atoms with Crippen LogP contribution in [0.4, 0.5) is 0 Å². The van der Waals surface area contributed by atoms with Crippen molar-refractivity contribution >= 4 is 11.6 Å². The van der Waals surface area contributed by atoms with Gasteiger partial charge in [-0.1, -0.05) is 54.1 Å². The lowest BCUT2D eigenvalue weighted by atomic mass is 9.99. The largest absolute Gasteiger partial charge is 0.307 e. The minimum atomic E-state index is 0.459. The smallest absolute Gasteiger partial charge is 0.0406 e. The lowest BCUT2D eigenvalue weighted by molar-refractivity contribution is 0.417. The second-order valence-electron chi connectivity index (χ2n) is 6.12. The van der Waals surface area contributed by atoms with E-state index in [0.717, 1.165) is 17.4 Å². The molecule has 1 aliphatic rings. The first-order valence-electron chi connectivity index (χ1n) is 7.78. The van der Waals surface area contributed by atoms with E-state index in [1.165, 1.54) is 24.0 Å². The summed E-state index contributed by atoms with van der Waals surface area (Å²) in [7, 11) is 0. The Morgan fingerprint density at radius 3 is 2.33 bits per heavy atom. The Bertz CT molecular complexity index is 560. The van der Waals surface area contributed by atoms with Crippen LogP contribution in [0.15, 0.2) is 54.6 Å². The zero-order chi connectivity index (χ0) is 14.7. The molecule has 1 nitrogen and oxygen atoms in total. The number of hydrogen-bond donors (Lipinski definition) is 1. The maximum Gasteiger partial charge on any atom is 0.0406 e. The van der Waals surface area contributed by atoms with E-state index in [9.17, 15) is 0 Å². The molecule has 21 heavy (non-hydrogen) atoms. The van der Waals surface area contributed by atoms with E-state index in [1.807, 2.05) is 12.1 Å². The number of benzene rings is 2. The van der Waals surface area contributed by atoms with Crippen molar-refractivity contribution in [2.24, 2.45) is 5.92 Å². The Morgan fingerprint density at radius 2 is 1.71 bits per heavy atom. The van der Waals surface area contributed by atoms with Crippen LogP contribution in [0.1, 0.15) is 36.9 Å². The van der Waals surface area contributed by atoms with E-state index in [1.54, 1.807) is 0 Å². The zero-order valence-corrected chi connectivity index (χ0v) is 13.2. The molecule has 2 heteroatoms. The topological polar surface area (TPSA) is 12.0 Å². The Labute approximate surface area is 132 Å². The van der Waals surface area contributed by atoms with Crippen LogP contribution in [0.2, 0.25) is 5.02 Å². The van der Waals surface area contributed by atoms with Crippen LogP contribution in [0.3, 0.4) is 0 Å². The highest BCUT2D eigenvalue weighted by molar-refractivity contribution is 6.30. The SMILES string of the molecule is CC(Cc1ccccc1)NC(c1ccc(Cl)cc1)C1CC1. The van der Waals surface area contributed by atoms with Crippen LogP contribution in [0.25, 0.3) is 0 Å². The summed E-state index contributed by atoms with van der Waals surface area (Å²) in [5, 5.41) is 4.63. The average Bonchev–Trinajstić information content (AvgIpc) is 3.31. The lowest BCUT2D eigenvalue weighted by Gasteiger charge is -2.24. The first-order valence-corrected chi connectivity index (χ1v) is 8.15. The monoisotopic (exact) mass is 299 g/mol. The molecule has 0 bridgehead atoms. The molecule has 0 aromatic heterocycles. The lowest BCUT2D eigenvalue weighted by Crippen LogP contribution is -2.33. The van der Waals surface area contributed by atoms with Gasteiger partial charge in [0.1, 0.15) is 0 Å². The molecule has 1 aliphatic carbocycles. The Hall–Kier alpha value is -1.31. The highest BCUT2D eigenvalue weighted by atomic mass is 35.5. The third-order valence-electron chi connectivity index (χ3n) is 4.17. The quantitative estimate of drug-likeness (QED) is 0.790. The predicted molar refractivity (Wildman–Crippen MR) is 89.7 cm³/mol. The molecule has 0 saturated heterocycles. The van der Waals surface area contributed by atoms with Crippen molar-refractivity contribution in [3.8, 4) is 0 Å². The zero-order valence-electron chi connectivity index (χ0n) is 12.4. The van der Waals surface area contributed by atoms with Crippen LogP contribution < -0.4 is 5.32 Å². The summed E-state index contributed by atoms with van der Waals surface area (Å²) < 4.78 is 0. The third kappa shape index (κ3) is 4.09. The number of halogens is 1. The fourth-order valence-electron chi connectivity index (χ4n) is 2.94. The first-order chi connectivity index (χ1) is 10.2. The van der Waals surface area contributed by atoms with Gasteiger partial charge in [-0.25, -0.2) is 0 Å². The minimum Gasteiger partial charge on any atom is -0.307 e. The molecular weight excluding hydrogens is 278 g/mol. The molecule has 1 fully saturated rings. The summed E-state index contributed by atoms with van der Waals surface area (Å²) in [6.07, 6.45) is 3.73. The Balaban J connectivity index is 1.66. The highest BCUT2D eigenvalue weighted by Gasteiger charge is 2.32. The molecule has 1 N–H and O–H groups in total. The Morgan fingerprint density at radius 1 is 1.05 bits per heavy atom. The molecule has 2 atom stereocenters. The van der Waals surface area contributed by atoms with Crippen molar-refractivity contribution in [2.75, 3.05) is 0 Å². The minimum absolute atomic E-state index is 0.459. The van der Waals surface area contributed by atoms with E-state index >= 15 is 0 Å². The van der Waals surface area contributed by atoms with Gasteiger partial charge in [-0.15, -0.1) is 0 Å². The van der Waals surface area contributed by atoms with Crippen molar-refractivity contribution in [3.63, 3.8) is 0 Å². The van der Waals surface area contributed by atoms with E-state index in [4.69, 9.17) is 11.6 Å². The van der Waals surface area contributed by atoms with E-state index in [2.05, 4.69) is 54.7 Å². The summed E-state index contributed by atoms with van der Waals surface area (Å²) in [6, 6.07) is 19.9. The molecule has 0 spiro atoms. The van der Waals surface area contributed by atoms with E-state index in [0.29, 0.717) is 12.1 Å². The molecular formula is C19H22ClN. The molecule has 0 heterocycles. The van der Waals surface area contributed by atoms with Gasteiger partial charge >= 0.3 is 0 Å². The van der Waals surface area contributed by atoms with Crippen LogP contribution in [0.5, 0.6) is 0 Å². The van der Waals surface area contributed by atoms with Crippen LogP contribution >= 0.6 is 11.6 Å². The number of rotatable bonds is 6. The van der Waals surface area contributed by atoms with Crippen LogP contribution in [-0.2, 0) is 6.42 Å². The van der Waals surface area contributed by atoms with Crippen molar-refractivity contribution in [2.45, 2.75) is 38.3 Å². The van der Waals surface area contributed by atoms with Gasteiger partial charge in [-0.2, -0.15) is 0 Å². The van der Waals surface area contributed by atoms with Crippen molar-refractivity contribution in [3.05, 3.63) is 70.7 Å². The van der Waals surface area contributed by atoms with Gasteiger partial charge in [0.05, 0.1) is 0 Å². The van der Waals surface area contributed by atoms with Crippen molar-refractivity contribution in [1.82, 2.24) is 5.32 Å². The normalized spacial score (nSPS) is 17.4. The molecule has 3 rings (SSSR count). The van der Waals surface area contributed by atoms with Gasteiger partial charge < -0.3 is 5.32 Å². The van der Waals surface area contributed by atoms with E-state index in [-0.39, 0.29) is 0 Å². The van der Waals surface area contributed by atoms with E-state index < -0.39 is 0 Å². The molecule has 2 unspecified atom stereocenters. The van der Waals surface area contributed by atoms with Gasteiger partial charge in [-0.05, 0) is 55.4 Å². The molecule has 0 radical (unpaired) electrons. The van der Waals surface area contributed by atoms with Crippen molar-refractivity contribution in [1.29, 1.82) is 0 Å². The van der Waals surface area contributed by atoms with Gasteiger partial charge in [0.25, 0.3) is 0 Å². The molecule has 0 aliphatic heterocycles. The summed E-state index contributed by atoms with van der Waals surface area (Å²) in [6.45, 7) is 2.28. The van der Waals surface area contributed by atoms with Crippen molar-refractivity contribution < 1.29 is 0 Å². The summed E-state index contributed by atoms with van der Waals surface area (Å²) in [5.74, 6) is 0.782. The predicted octanol–water partition coefficient (Wildman–Crippen LogP) is 5.01. The summed E-state index contributed by atoms with van der Waals surface area (Å²) in [5.41, 5.74) is 2.75. The van der Waals surface area contributed by atoms with Gasteiger partial charge in [0.2, 0.25) is 0 Å². The molecule has 1 saturated carbocycles. The highest BCUT2D eigenvalue weighted by Crippen LogP contribution is 2.41. The number of hydrogen-bond acceptors (Lipinski definition) is 1. The summed E-state index contributed by atoms with van der Waals surface area (Å²) >= 11 is 6.00. The molecule has 2 aromatic carbocycles.